The molecule has 4 aromatic rings. The lowest BCUT2D eigenvalue weighted by Gasteiger charge is -2.00. The number of benzene rings is 2. The van der Waals surface area contributed by atoms with Gasteiger partial charge in [0.25, 0.3) is 0 Å². The molecule has 0 saturated carbocycles. The third-order valence-corrected chi connectivity index (χ3v) is 4.54. The van der Waals surface area contributed by atoms with Crippen LogP contribution in [0.25, 0.3) is 23.0 Å². The van der Waals surface area contributed by atoms with Crippen molar-refractivity contribution in [3.8, 4) is 16.9 Å². The van der Waals surface area contributed by atoms with Crippen LogP contribution in [0.4, 0.5) is 0 Å². The van der Waals surface area contributed by atoms with Gasteiger partial charge in [-0.3, -0.25) is 9.78 Å². The second kappa shape index (κ2) is 7.84. The van der Waals surface area contributed by atoms with Gasteiger partial charge in [0.2, 0.25) is 0 Å². The molecule has 2 aromatic carbocycles. The Labute approximate surface area is 163 Å². The van der Waals surface area contributed by atoms with Crippen molar-refractivity contribution in [3.05, 3.63) is 108 Å². The third-order valence-electron chi connectivity index (χ3n) is 4.54. The Morgan fingerprint density at radius 3 is 2.39 bits per heavy atom. The van der Waals surface area contributed by atoms with Crippen LogP contribution in [0.3, 0.4) is 0 Å². The van der Waals surface area contributed by atoms with Crippen molar-refractivity contribution in [2.24, 2.45) is 0 Å². The lowest BCUT2D eigenvalue weighted by Crippen LogP contribution is -1.96. The molecular weight excluding hydrogens is 346 g/mol. The first-order valence-electron chi connectivity index (χ1n) is 9.06. The molecule has 0 saturated heterocycles. The largest absolute Gasteiger partial charge is 0.289 e. The summed E-state index contributed by atoms with van der Waals surface area (Å²) in [5.41, 5.74) is 5.26. The number of para-hydroxylation sites is 1. The van der Waals surface area contributed by atoms with Gasteiger partial charge in [0.05, 0.1) is 5.69 Å². The summed E-state index contributed by atoms with van der Waals surface area (Å²) in [4.78, 5) is 16.7. The van der Waals surface area contributed by atoms with Crippen molar-refractivity contribution in [3.63, 3.8) is 0 Å². The van der Waals surface area contributed by atoms with Gasteiger partial charge in [-0.1, -0.05) is 42.5 Å². The van der Waals surface area contributed by atoms with E-state index in [0.717, 1.165) is 28.1 Å². The number of carbonyl (C=O) groups is 1. The fourth-order valence-electron chi connectivity index (χ4n) is 3.06. The molecule has 0 aliphatic rings. The molecular formula is C24H19N3O. The molecule has 2 aromatic heterocycles. The fourth-order valence-corrected chi connectivity index (χ4v) is 3.06. The van der Waals surface area contributed by atoms with E-state index in [1.54, 1.807) is 18.5 Å². The summed E-state index contributed by atoms with van der Waals surface area (Å²) >= 11 is 0. The number of rotatable bonds is 5. The van der Waals surface area contributed by atoms with Crippen LogP contribution >= 0.6 is 0 Å². The highest BCUT2D eigenvalue weighted by Crippen LogP contribution is 2.24. The van der Waals surface area contributed by atoms with Gasteiger partial charge in [-0.15, -0.1) is 0 Å². The van der Waals surface area contributed by atoms with E-state index < -0.39 is 0 Å². The van der Waals surface area contributed by atoms with Gasteiger partial charge in [-0.25, -0.2) is 4.68 Å². The van der Waals surface area contributed by atoms with Gasteiger partial charge >= 0.3 is 0 Å². The monoisotopic (exact) mass is 365 g/mol. The average Bonchev–Trinajstić information content (AvgIpc) is 3.18. The van der Waals surface area contributed by atoms with Crippen molar-refractivity contribution >= 4 is 11.9 Å². The van der Waals surface area contributed by atoms with Gasteiger partial charge in [0.1, 0.15) is 5.69 Å². The molecule has 0 aliphatic carbocycles. The topological polar surface area (TPSA) is 47.8 Å². The van der Waals surface area contributed by atoms with Crippen LogP contribution in [0.2, 0.25) is 0 Å². The maximum absolute atomic E-state index is 12.6. The number of aryl methyl sites for hydroxylation is 1. The Kier molecular flexibility index (Phi) is 4.93. The quantitative estimate of drug-likeness (QED) is 0.363. The van der Waals surface area contributed by atoms with Crippen LogP contribution in [0.15, 0.2) is 91.4 Å². The Morgan fingerprint density at radius 2 is 1.64 bits per heavy atom. The van der Waals surface area contributed by atoms with Crippen molar-refractivity contribution in [1.29, 1.82) is 0 Å². The number of allylic oxidation sites excluding steroid dienone is 1. The number of hydrogen-bond donors (Lipinski definition) is 0. The van der Waals surface area contributed by atoms with Crippen LogP contribution in [0.1, 0.15) is 21.5 Å². The van der Waals surface area contributed by atoms with E-state index in [4.69, 9.17) is 5.10 Å². The number of ketones is 1. The zero-order valence-corrected chi connectivity index (χ0v) is 15.5. The van der Waals surface area contributed by atoms with Crippen molar-refractivity contribution in [2.75, 3.05) is 0 Å². The van der Waals surface area contributed by atoms with Gasteiger partial charge < -0.3 is 0 Å². The predicted octanol–water partition coefficient (Wildman–Crippen LogP) is 5.14. The Hall–Kier alpha value is -3.79. The highest BCUT2D eigenvalue weighted by atomic mass is 16.1. The minimum absolute atomic E-state index is 0.0220. The Bertz CT molecular complexity index is 1130. The van der Waals surface area contributed by atoms with Gasteiger partial charge in [0, 0.05) is 35.3 Å². The van der Waals surface area contributed by atoms with E-state index in [2.05, 4.69) is 4.98 Å². The van der Waals surface area contributed by atoms with Crippen LogP contribution < -0.4 is 0 Å². The molecule has 0 fully saturated rings. The molecule has 2 heterocycles. The van der Waals surface area contributed by atoms with Crippen molar-refractivity contribution < 1.29 is 4.79 Å². The zero-order valence-electron chi connectivity index (χ0n) is 15.5. The van der Waals surface area contributed by atoms with Gasteiger partial charge in [0.15, 0.2) is 5.78 Å². The molecule has 136 valence electrons. The number of hydrogen-bond acceptors (Lipinski definition) is 3. The predicted molar refractivity (Wildman–Crippen MR) is 111 cm³/mol. The summed E-state index contributed by atoms with van der Waals surface area (Å²) in [6, 6.07) is 21.3. The van der Waals surface area contributed by atoms with Gasteiger partial charge in [-0.2, -0.15) is 5.10 Å². The van der Waals surface area contributed by atoms with Crippen molar-refractivity contribution in [2.45, 2.75) is 6.92 Å². The standard InChI is InChI=1S/C24H19N3O/c1-18-7-5-6-10-22(18)23(28)12-11-20-17-27(21-8-3-2-4-9-21)26-24(20)19-13-15-25-16-14-19/h2-17H,1H3/b12-11+. The van der Waals surface area contributed by atoms with Crippen LogP contribution in [0.5, 0.6) is 0 Å². The molecule has 4 nitrogen and oxygen atoms in total. The second-order valence-electron chi connectivity index (χ2n) is 6.46. The Morgan fingerprint density at radius 1 is 0.929 bits per heavy atom. The maximum Gasteiger partial charge on any atom is 0.186 e. The number of aromatic nitrogens is 3. The molecule has 4 heteroatoms. The van der Waals surface area contributed by atoms with Crippen LogP contribution in [-0.4, -0.2) is 20.5 Å². The number of pyridine rings is 1. The number of carbonyl (C=O) groups excluding carboxylic acids is 1. The molecule has 4 rings (SSSR count). The summed E-state index contributed by atoms with van der Waals surface area (Å²) in [5, 5.41) is 4.75. The molecule has 0 atom stereocenters. The highest BCUT2D eigenvalue weighted by Gasteiger charge is 2.11. The minimum atomic E-state index is -0.0220. The van der Waals surface area contributed by atoms with Crippen LogP contribution in [-0.2, 0) is 0 Å². The summed E-state index contributed by atoms with van der Waals surface area (Å²) in [7, 11) is 0. The first-order valence-corrected chi connectivity index (χ1v) is 9.06. The lowest BCUT2D eigenvalue weighted by atomic mass is 10.0. The first-order chi connectivity index (χ1) is 13.7. The molecule has 0 unspecified atom stereocenters. The van der Waals surface area contributed by atoms with Crippen LogP contribution in [0, 0.1) is 6.92 Å². The van der Waals surface area contributed by atoms with E-state index >= 15 is 0 Å². The van der Waals surface area contributed by atoms with E-state index in [0.29, 0.717) is 5.56 Å². The summed E-state index contributed by atoms with van der Waals surface area (Å²) in [5.74, 6) is -0.0220. The smallest absolute Gasteiger partial charge is 0.186 e. The van der Waals surface area contributed by atoms with E-state index in [9.17, 15) is 4.79 Å². The van der Waals surface area contributed by atoms with Gasteiger partial charge in [-0.05, 0) is 48.9 Å². The van der Waals surface area contributed by atoms with E-state index in [1.165, 1.54) is 0 Å². The van der Waals surface area contributed by atoms with E-state index in [1.807, 2.05) is 90.6 Å². The molecule has 0 aliphatic heterocycles. The molecule has 0 bridgehead atoms. The third kappa shape index (κ3) is 3.67. The summed E-state index contributed by atoms with van der Waals surface area (Å²) in [6.07, 6.45) is 8.86. The highest BCUT2D eigenvalue weighted by molar-refractivity contribution is 6.08. The van der Waals surface area contributed by atoms with E-state index in [-0.39, 0.29) is 5.78 Å². The fraction of sp³-hybridized carbons (Fsp3) is 0.0417. The molecule has 0 amide bonds. The summed E-state index contributed by atoms with van der Waals surface area (Å²) < 4.78 is 1.83. The Balaban J connectivity index is 1.74. The molecule has 0 radical (unpaired) electrons. The minimum Gasteiger partial charge on any atom is -0.289 e. The lowest BCUT2D eigenvalue weighted by molar-refractivity contribution is 0.104. The average molecular weight is 365 g/mol. The first kappa shape index (κ1) is 17.6. The normalized spacial score (nSPS) is 11.0. The molecule has 0 spiro atoms. The zero-order chi connectivity index (χ0) is 19.3. The second-order valence-corrected chi connectivity index (χ2v) is 6.46. The SMILES string of the molecule is Cc1ccccc1C(=O)/C=C/c1cn(-c2ccccc2)nc1-c1ccncc1. The number of nitrogens with zero attached hydrogens (tertiary/aromatic N) is 3. The van der Waals surface area contributed by atoms with Crippen molar-refractivity contribution in [1.82, 2.24) is 14.8 Å². The molecule has 0 N–H and O–H groups in total. The maximum atomic E-state index is 12.6. The summed E-state index contributed by atoms with van der Waals surface area (Å²) in [6.45, 7) is 1.94. The molecule has 28 heavy (non-hydrogen) atoms.